The average molecular weight is 324 g/mol. The van der Waals surface area contributed by atoms with Gasteiger partial charge in [-0.05, 0) is 18.1 Å². The Bertz CT molecular complexity index is 675. The molecule has 8 heteroatoms. The number of benzene rings is 1. The lowest BCUT2D eigenvalue weighted by atomic mass is 10.1. The van der Waals surface area contributed by atoms with Crippen LogP contribution in [0.4, 0.5) is 13.6 Å². The lowest BCUT2D eigenvalue weighted by Crippen LogP contribution is -2.38. The molecular weight excluding hydrogens is 306 g/mol. The van der Waals surface area contributed by atoms with Crippen LogP contribution in [0.5, 0.6) is 0 Å². The molecule has 0 saturated heterocycles. The molecule has 124 valence electrons. The van der Waals surface area contributed by atoms with E-state index in [2.05, 4.69) is 15.7 Å². The molecule has 0 spiro atoms. The number of halogens is 2. The van der Waals surface area contributed by atoms with Crippen LogP contribution in [0.3, 0.4) is 0 Å². The van der Waals surface area contributed by atoms with Gasteiger partial charge in [0.25, 0.3) is 0 Å². The van der Waals surface area contributed by atoms with Crippen LogP contribution in [0.2, 0.25) is 0 Å². The minimum atomic E-state index is -0.857. The van der Waals surface area contributed by atoms with Crippen molar-refractivity contribution in [3.8, 4) is 0 Å². The number of hydrogen-bond acceptors (Lipinski definition) is 3. The van der Waals surface area contributed by atoms with Crippen molar-refractivity contribution in [3.05, 3.63) is 53.4 Å². The van der Waals surface area contributed by atoms with E-state index in [1.807, 2.05) is 0 Å². The number of aliphatic hydroxyl groups is 1. The highest BCUT2D eigenvalue weighted by molar-refractivity contribution is 5.73. The predicted molar refractivity (Wildman–Crippen MR) is 79.6 cm³/mol. The van der Waals surface area contributed by atoms with Crippen molar-refractivity contribution < 1.29 is 18.7 Å². The van der Waals surface area contributed by atoms with E-state index in [1.165, 1.54) is 18.3 Å². The first kappa shape index (κ1) is 16.9. The van der Waals surface area contributed by atoms with Gasteiger partial charge in [0.05, 0.1) is 12.3 Å². The molecule has 0 saturated carbocycles. The molecule has 0 fully saturated rings. The zero-order chi connectivity index (χ0) is 16.8. The van der Waals surface area contributed by atoms with Gasteiger partial charge in [0.2, 0.25) is 0 Å². The molecule has 2 rings (SSSR count). The van der Waals surface area contributed by atoms with Gasteiger partial charge in [-0.15, -0.1) is 0 Å². The van der Waals surface area contributed by atoms with Crippen LogP contribution >= 0.6 is 0 Å². The number of aryl methyl sites for hydroxylation is 1. The Morgan fingerprint density at radius 3 is 2.83 bits per heavy atom. The summed E-state index contributed by atoms with van der Waals surface area (Å²) >= 11 is 0. The van der Waals surface area contributed by atoms with E-state index in [1.54, 1.807) is 17.9 Å². The zero-order valence-electron chi connectivity index (χ0n) is 12.6. The Labute approximate surface area is 132 Å². The third kappa shape index (κ3) is 5.03. The standard InChI is InChI=1S/C15H18F2N4O2/c1-21-9-11(7-20-21)14(22)8-19-15(23)18-5-4-10-2-3-12(16)6-13(10)17/h2-3,6-7,9,14,22H,4-5,8H2,1H3,(H2,18,19,23). The molecule has 2 amide bonds. The summed E-state index contributed by atoms with van der Waals surface area (Å²) in [6.45, 7) is 0.222. The molecule has 0 aliphatic carbocycles. The van der Waals surface area contributed by atoms with E-state index in [0.29, 0.717) is 11.1 Å². The smallest absolute Gasteiger partial charge is 0.314 e. The molecule has 0 aliphatic rings. The molecule has 0 radical (unpaired) electrons. The molecule has 6 nitrogen and oxygen atoms in total. The van der Waals surface area contributed by atoms with E-state index in [4.69, 9.17) is 0 Å². The highest BCUT2D eigenvalue weighted by Crippen LogP contribution is 2.10. The molecule has 0 aliphatic heterocycles. The molecule has 1 aromatic heterocycles. The van der Waals surface area contributed by atoms with E-state index in [9.17, 15) is 18.7 Å². The highest BCUT2D eigenvalue weighted by Gasteiger charge is 2.11. The van der Waals surface area contributed by atoms with Crippen molar-refractivity contribution in [2.45, 2.75) is 12.5 Å². The van der Waals surface area contributed by atoms with Crippen LogP contribution in [0.25, 0.3) is 0 Å². The first-order chi connectivity index (χ1) is 11.0. The fourth-order valence-corrected chi connectivity index (χ4v) is 2.02. The van der Waals surface area contributed by atoms with E-state index in [-0.39, 0.29) is 19.5 Å². The number of nitrogens with zero attached hydrogens (tertiary/aromatic N) is 2. The summed E-state index contributed by atoms with van der Waals surface area (Å²) in [4.78, 5) is 11.6. The van der Waals surface area contributed by atoms with Gasteiger partial charge in [0.15, 0.2) is 0 Å². The van der Waals surface area contributed by atoms with E-state index < -0.39 is 23.8 Å². The van der Waals surface area contributed by atoms with Crippen LogP contribution in [0.15, 0.2) is 30.6 Å². The number of aromatic nitrogens is 2. The molecule has 3 N–H and O–H groups in total. The minimum absolute atomic E-state index is 0.0302. The summed E-state index contributed by atoms with van der Waals surface area (Å²) in [6.07, 6.45) is 2.55. The Hall–Kier alpha value is -2.48. The number of nitrogens with one attached hydrogen (secondary N) is 2. The molecular formula is C15H18F2N4O2. The van der Waals surface area contributed by atoms with Gasteiger partial charge in [-0.1, -0.05) is 6.07 Å². The minimum Gasteiger partial charge on any atom is -0.386 e. The van der Waals surface area contributed by atoms with Gasteiger partial charge in [-0.25, -0.2) is 13.6 Å². The largest absolute Gasteiger partial charge is 0.386 e. The number of carbonyl (C=O) groups excluding carboxylic acids is 1. The summed E-state index contributed by atoms with van der Waals surface area (Å²) in [5, 5.41) is 18.8. The maximum absolute atomic E-state index is 13.4. The maximum Gasteiger partial charge on any atom is 0.314 e. The SMILES string of the molecule is Cn1cc(C(O)CNC(=O)NCCc2ccc(F)cc2F)cn1. The monoisotopic (exact) mass is 324 g/mol. The summed E-state index contributed by atoms with van der Waals surface area (Å²) in [6, 6.07) is 2.84. The predicted octanol–water partition coefficient (Wildman–Crippen LogP) is 1.27. The fourth-order valence-electron chi connectivity index (χ4n) is 2.02. The van der Waals surface area contributed by atoms with Crippen molar-refractivity contribution in [2.75, 3.05) is 13.1 Å². The summed E-state index contributed by atoms with van der Waals surface area (Å²) in [7, 11) is 1.73. The van der Waals surface area contributed by atoms with Crippen molar-refractivity contribution in [1.29, 1.82) is 0 Å². The Balaban J connectivity index is 1.71. The highest BCUT2D eigenvalue weighted by atomic mass is 19.1. The van der Waals surface area contributed by atoms with Crippen molar-refractivity contribution in [2.24, 2.45) is 7.05 Å². The molecule has 1 unspecified atom stereocenters. The first-order valence-corrected chi connectivity index (χ1v) is 7.08. The third-order valence-electron chi connectivity index (χ3n) is 3.26. The quantitative estimate of drug-likeness (QED) is 0.749. The second-order valence-corrected chi connectivity index (χ2v) is 5.09. The van der Waals surface area contributed by atoms with Gasteiger partial charge >= 0.3 is 6.03 Å². The molecule has 2 aromatic rings. The van der Waals surface area contributed by atoms with Crippen LogP contribution in [0, 0.1) is 11.6 Å². The summed E-state index contributed by atoms with van der Waals surface area (Å²) < 4.78 is 27.7. The third-order valence-corrected chi connectivity index (χ3v) is 3.26. The molecule has 23 heavy (non-hydrogen) atoms. The number of hydrogen-bond donors (Lipinski definition) is 3. The fraction of sp³-hybridized carbons (Fsp3) is 0.333. The second-order valence-electron chi connectivity index (χ2n) is 5.09. The first-order valence-electron chi connectivity index (χ1n) is 7.08. The molecule has 0 bridgehead atoms. The Morgan fingerprint density at radius 2 is 2.17 bits per heavy atom. The molecule has 1 aromatic carbocycles. The number of rotatable bonds is 6. The number of amides is 2. The van der Waals surface area contributed by atoms with E-state index in [0.717, 1.165) is 6.07 Å². The Kier molecular flexibility index (Phi) is 5.64. The Morgan fingerprint density at radius 1 is 1.39 bits per heavy atom. The van der Waals surface area contributed by atoms with E-state index >= 15 is 0 Å². The lowest BCUT2D eigenvalue weighted by molar-refractivity contribution is 0.173. The van der Waals surface area contributed by atoms with Gasteiger partial charge in [0.1, 0.15) is 11.6 Å². The molecule has 1 heterocycles. The topological polar surface area (TPSA) is 79.2 Å². The average Bonchev–Trinajstić information content (AvgIpc) is 2.93. The second kappa shape index (κ2) is 7.68. The lowest BCUT2D eigenvalue weighted by Gasteiger charge is -2.11. The van der Waals surface area contributed by atoms with Crippen molar-refractivity contribution in [3.63, 3.8) is 0 Å². The van der Waals surface area contributed by atoms with Crippen LogP contribution in [-0.4, -0.2) is 34.0 Å². The normalized spacial score (nSPS) is 12.0. The van der Waals surface area contributed by atoms with Crippen LogP contribution < -0.4 is 10.6 Å². The van der Waals surface area contributed by atoms with Crippen LogP contribution in [-0.2, 0) is 13.5 Å². The summed E-state index contributed by atoms with van der Waals surface area (Å²) in [5.41, 5.74) is 0.920. The number of aliphatic hydroxyl groups excluding tert-OH is 1. The van der Waals surface area contributed by atoms with Gasteiger partial charge < -0.3 is 15.7 Å². The van der Waals surface area contributed by atoms with Gasteiger partial charge in [-0.2, -0.15) is 5.10 Å². The zero-order valence-corrected chi connectivity index (χ0v) is 12.6. The van der Waals surface area contributed by atoms with Crippen molar-refractivity contribution >= 4 is 6.03 Å². The maximum atomic E-state index is 13.4. The summed E-state index contributed by atoms with van der Waals surface area (Å²) in [5.74, 6) is -1.28. The number of urea groups is 1. The van der Waals surface area contributed by atoms with Gasteiger partial charge in [-0.3, -0.25) is 4.68 Å². The van der Waals surface area contributed by atoms with Crippen LogP contribution in [0.1, 0.15) is 17.2 Å². The number of carbonyl (C=O) groups is 1. The van der Waals surface area contributed by atoms with Gasteiger partial charge in [0, 0.05) is 38.0 Å². The molecule has 1 atom stereocenters. The van der Waals surface area contributed by atoms with Crippen molar-refractivity contribution in [1.82, 2.24) is 20.4 Å².